The Morgan fingerprint density at radius 3 is 2.26 bits per heavy atom. The smallest absolute Gasteiger partial charge is 0.161 e. The molecule has 0 spiro atoms. The zero-order valence-electron chi connectivity index (χ0n) is 17.0. The van der Waals surface area contributed by atoms with E-state index in [1.807, 2.05) is 0 Å². The first-order valence-electron chi connectivity index (χ1n) is 9.53. The molecule has 4 atom stereocenters. The third kappa shape index (κ3) is 2.63. The SMILES string of the molecule is COC1=C(OC)C[C@H]2C(=C1)[C@H]1c3cc(OC)c(OC)cc3C[C@H]2N(C)[C@H]1C. The van der Waals surface area contributed by atoms with Crippen molar-refractivity contribution in [2.24, 2.45) is 5.92 Å². The van der Waals surface area contributed by atoms with Crippen LogP contribution in [0, 0.1) is 5.92 Å². The van der Waals surface area contributed by atoms with Crippen LogP contribution in [0.5, 0.6) is 11.5 Å². The number of methoxy groups -OCH3 is 4. The molecule has 0 saturated carbocycles. The van der Waals surface area contributed by atoms with E-state index in [9.17, 15) is 0 Å². The predicted octanol–water partition coefficient (Wildman–Crippen LogP) is 3.50. The summed E-state index contributed by atoms with van der Waals surface area (Å²) >= 11 is 0. The van der Waals surface area contributed by atoms with E-state index in [0.29, 0.717) is 23.9 Å². The van der Waals surface area contributed by atoms with Gasteiger partial charge in [0, 0.05) is 30.3 Å². The fourth-order valence-electron chi connectivity index (χ4n) is 5.25. The molecule has 5 rings (SSSR count). The van der Waals surface area contributed by atoms with E-state index >= 15 is 0 Å². The second-order valence-electron chi connectivity index (χ2n) is 7.71. The molecule has 5 nitrogen and oxygen atoms in total. The van der Waals surface area contributed by atoms with E-state index in [4.69, 9.17) is 18.9 Å². The Morgan fingerprint density at radius 2 is 1.63 bits per heavy atom. The summed E-state index contributed by atoms with van der Waals surface area (Å²) in [7, 11) is 9.11. The second-order valence-corrected chi connectivity index (χ2v) is 7.71. The van der Waals surface area contributed by atoms with Crippen LogP contribution in [-0.2, 0) is 15.9 Å². The minimum absolute atomic E-state index is 0.303. The number of hydrogen-bond donors (Lipinski definition) is 0. The first kappa shape index (κ1) is 18.2. The van der Waals surface area contributed by atoms with Crippen LogP contribution in [0.25, 0.3) is 0 Å². The third-order valence-electron chi connectivity index (χ3n) is 6.75. The molecule has 5 heteroatoms. The van der Waals surface area contributed by atoms with Crippen molar-refractivity contribution >= 4 is 0 Å². The number of likely N-dealkylation sites (N-methyl/N-ethyl adjacent to an activating group) is 1. The number of nitrogens with zero attached hydrogens (tertiary/aromatic N) is 1. The lowest BCUT2D eigenvalue weighted by Gasteiger charge is -2.48. The van der Waals surface area contributed by atoms with E-state index in [1.165, 1.54) is 16.7 Å². The summed E-state index contributed by atoms with van der Waals surface area (Å²) in [5, 5.41) is 0. The van der Waals surface area contributed by atoms with Gasteiger partial charge < -0.3 is 18.9 Å². The molecule has 0 radical (unpaired) electrons. The van der Waals surface area contributed by atoms with Gasteiger partial charge in [-0.3, -0.25) is 4.90 Å². The predicted molar refractivity (Wildman–Crippen MR) is 104 cm³/mol. The highest BCUT2D eigenvalue weighted by Crippen LogP contribution is 2.53. The molecule has 1 fully saturated rings. The summed E-state index contributed by atoms with van der Waals surface area (Å²) in [6.07, 6.45) is 4.10. The number of allylic oxidation sites excluding steroid dienone is 2. The van der Waals surface area contributed by atoms with Gasteiger partial charge in [0.1, 0.15) is 5.76 Å². The molecule has 0 aromatic heterocycles. The van der Waals surface area contributed by atoms with Gasteiger partial charge >= 0.3 is 0 Å². The summed E-state index contributed by atoms with van der Waals surface area (Å²) in [6.45, 7) is 2.32. The summed E-state index contributed by atoms with van der Waals surface area (Å²) < 4.78 is 22.5. The maximum Gasteiger partial charge on any atom is 0.161 e. The molecule has 0 amide bonds. The third-order valence-corrected chi connectivity index (χ3v) is 6.75. The van der Waals surface area contributed by atoms with Gasteiger partial charge in [-0.25, -0.2) is 0 Å². The molecule has 27 heavy (non-hydrogen) atoms. The Kier molecular flexibility index (Phi) is 4.58. The Balaban J connectivity index is 1.91. The topological polar surface area (TPSA) is 40.2 Å². The average molecular weight is 371 g/mol. The summed E-state index contributed by atoms with van der Waals surface area (Å²) in [5.41, 5.74) is 4.15. The number of benzene rings is 1. The van der Waals surface area contributed by atoms with Gasteiger partial charge in [0.25, 0.3) is 0 Å². The fraction of sp³-hybridized carbons (Fsp3) is 0.545. The van der Waals surface area contributed by atoms with E-state index in [-0.39, 0.29) is 0 Å². The molecule has 1 saturated heterocycles. The Bertz CT molecular complexity index is 813. The lowest BCUT2D eigenvalue weighted by atomic mass is 9.70. The van der Waals surface area contributed by atoms with Gasteiger partial charge in [-0.15, -0.1) is 0 Å². The molecule has 0 N–H and O–H groups in total. The molecule has 2 aliphatic carbocycles. The second kappa shape index (κ2) is 6.79. The van der Waals surface area contributed by atoms with Crippen molar-refractivity contribution in [2.75, 3.05) is 35.5 Å². The monoisotopic (exact) mass is 371 g/mol. The molecular formula is C22H29NO4. The highest BCUT2D eigenvalue weighted by molar-refractivity contribution is 5.55. The number of piperidine rings is 1. The van der Waals surface area contributed by atoms with Gasteiger partial charge in [0.15, 0.2) is 17.3 Å². The van der Waals surface area contributed by atoms with Crippen LogP contribution in [-0.4, -0.2) is 52.5 Å². The van der Waals surface area contributed by atoms with Crippen LogP contribution in [0.2, 0.25) is 0 Å². The van der Waals surface area contributed by atoms with E-state index in [1.54, 1.807) is 28.4 Å². The van der Waals surface area contributed by atoms with Gasteiger partial charge in [0.05, 0.1) is 28.4 Å². The van der Waals surface area contributed by atoms with Crippen molar-refractivity contribution in [1.29, 1.82) is 0 Å². The van der Waals surface area contributed by atoms with Crippen LogP contribution in [0.1, 0.15) is 30.4 Å². The van der Waals surface area contributed by atoms with Crippen molar-refractivity contribution in [3.05, 3.63) is 46.4 Å². The number of hydrogen-bond acceptors (Lipinski definition) is 5. The van der Waals surface area contributed by atoms with Crippen molar-refractivity contribution in [2.45, 2.75) is 37.8 Å². The number of ether oxygens (including phenoxy) is 4. The van der Waals surface area contributed by atoms with Crippen LogP contribution < -0.4 is 9.47 Å². The molecule has 2 bridgehead atoms. The first-order chi connectivity index (χ1) is 13.0. The molecule has 2 heterocycles. The summed E-state index contributed by atoms with van der Waals surface area (Å²) in [5.74, 6) is 4.13. The molecule has 0 unspecified atom stereocenters. The van der Waals surface area contributed by atoms with Crippen LogP contribution in [0.4, 0.5) is 0 Å². The lowest BCUT2D eigenvalue weighted by Crippen LogP contribution is -2.52. The van der Waals surface area contributed by atoms with Gasteiger partial charge in [-0.05, 0) is 49.7 Å². The van der Waals surface area contributed by atoms with Gasteiger partial charge in [-0.1, -0.05) is 5.57 Å². The standard InChI is InChI=1S/C22H29NO4/c1-12-22-14-9-19(25-4)18(24-3)8-13(14)7-17(23(12)2)15-10-20(26-5)21(27-6)11-16(15)22/h8-9,11-12,15,17,22H,7,10H2,1-6H3/t12-,15-,17+,22+/m0/s1. The first-order valence-corrected chi connectivity index (χ1v) is 9.53. The fourth-order valence-corrected chi connectivity index (χ4v) is 5.25. The van der Waals surface area contributed by atoms with Crippen LogP contribution in [0.3, 0.4) is 0 Å². The lowest BCUT2D eigenvalue weighted by molar-refractivity contribution is 0.0875. The Labute approximate surface area is 161 Å². The average Bonchev–Trinajstić information content (AvgIpc) is 2.89. The maximum atomic E-state index is 5.66. The van der Waals surface area contributed by atoms with Crippen molar-refractivity contribution < 1.29 is 18.9 Å². The van der Waals surface area contributed by atoms with Crippen LogP contribution in [0.15, 0.2) is 35.3 Å². The quantitative estimate of drug-likeness (QED) is 0.810. The normalized spacial score (nSPS) is 29.5. The van der Waals surface area contributed by atoms with E-state index < -0.39 is 0 Å². The van der Waals surface area contributed by atoms with Crippen molar-refractivity contribution in [3.63, 3.8) is 0 Å². The van der Waals surface area contributed by atoms with E-state index in [0.717, 1.165) is 35.9 Å². The number of rotatable bonds is 4. The van der Waals surface area contributed by atoms with Crippen LogP contribution >= 0.6 is 0 Å². The minimum atomic E-state index is 0.303. The van der Waals surface area contributed by atoms with Crippen molar-refractivity contribution in [1.82, 2.24) is 4.90 Å². The highest BCUT2D eigenvalue weighted by Gasteiger charge is 2.48. The summed E-state index contributed by atoms with van der Waals surface area (Å²) in [4.78, 5) is 2.54. The molecule has 1 aromatic rings. The molecule has 1 aromatic carbocycles. The number of fused-ring (bicyclic) bond motifs is 1. The molecule has 146 valence electrons. The Morgan fingerprint density at radius 1 is 0.926 bits per heavy atom. The van der Waals surface area contributed by atoms with Gasteiger partial charge in [-0.2, -0.15) is 0 Å². The maximum absolute atomic E-state index is 5.66. The minimum Gasteiger partial charge on any atom is -0.497 e. The molecular weight excluding hydrogens is 342 g/mol. The Hall–Kier alpha value is -2.14. The zero-order valence-corrected chi connectivity index (χ0v) is 17.0. The molecule has 2 aliphatic heterocycles. The summed E-state index contributed by atoms with van der Waals surface area (Å²) in [6, 6.07) is 5.17. The van der Waals surface area contributed by atoms with E-state index in [2.05, 4.69) is 37.1 Å². The van der Waals surface area contributed by atoms with Gasteiger partial charge in [0.2, 0.25) is 0 Å². The molecule has 4 aliphatic rings. The highest BCUT2D eigenvalue weighted by atomic mass is 16.5. The zero-order chi connectivity index (χ0) is 19.3. The largest absolute Gasteiger partial charge is 0.497 e. The van der Waals surface area contributed by atoms with Crippen molar-refractivity contribution in [3.8, 4) is 11.5 Å².